The number of hydrogen-bond donors (Lipinski definition) is 2. The molecule has 5 rings (SSSR count). The van der Waals surface area contributed by atoms with Crippen molar-refractivity contribution in [3.8, 4) is 16.5 Å². The fraction of sp³-hybridized carbons (Fsp3) is 0.455. The SMILES string of the molecule is CCOc1cncc(-c2cnc(C(N)=O)s2)n1.O=S(=O)(Nc1cc(C[C@H]2CCOC2)ncn1)C1CC1.[HH].[HH]. The van der Waals surface area contributed by atoms with Gasteiger partial charge in [-0.2, -0.15) is 0 Å². The summed E-state index contributed by atoms with van der Waals surface area (Å²) in [5, 5.41) is 0.0118. The van der Waals surface area contributed by atoms with Crippen molar-refractivity contribution in [1.82, 2.24) is 24.9 Å². The molecule has 196 valence electrons. The average Bonchev–Trinajstić information content (AvgIpc) is 3.38. The van der Waals surface area contributed by atoms with Crippen LogP contribution in [0.1, 0.15) is 44.5 Å². The number of nitrogens with one attached hydrogen (secondary N) is 1. The van der Waals surface area contributed by atoms with Crippen molar-refractivity contribution in [2.75, 3.05) is 24.5 Å². The maximum Gasteiger partial charge on any atom is 0.277 e. The zero-order valence-corrected chi connectivity index (χ0v) is 21.3. The summed E-state index contributed by atoms with van der Waals surface area (Å²) in [6.07, 6.45) is 9.40. The first kappa shape index (κ1) is 25.9. The number of sulfonamides is 1. The van der Waals surface area contributed by atoms with Crippen LogP contribution in [-0.4, -0.2) is 64.3 Å². The lowest BCUT2D eigenvalue weighted by atomic mass is 10.0. The zero-order chi connectivity index (χ0) is 25.5. The number of thiazole rings is 1. The summed E-state index contributed by atoms with van der Waals surface area (Å²) in [5.41, 5.74) is 6.60. The highest BCUT2D eigenvalue weighted by Crippen LogP contribution is 2.29. The summed E-state index contributed by atoms with van der Waals surface area (Å²) in [5.74, 6) is 0.743. The van der Waals surface area contributed by atoms with E-state index in [1.165, 1.54) is 23.9 Å². The van der Waals surface area contributed by atoms with Gasteiger partial charge < -0.3 is 15.2 Å². The molecule has 1 atom stereocenters. The van der Waals surface area contributed by atoms with E-state index in [0.717, 1.165) is 49.5 Å². The average molecular weight is 538 g/mol. The Morgan fingerprint density at radius 1 is 1.25 bits per heavy atom. The van der Waals surface area contributed by atoms with E-state index in [1.807, 2.05) is 6.92 Å². The number of aromatic nitrogens is 5. The largest absolute Gasteiger partial charge is 0.477 e. The van der Waals surface area contributed by atoms with Crippen LogP contribution < -0.4 is 15.2 Å². The fourth-order valence-electron chi connectivity index (χ4n) is 3.40. The molecule has 12 nitrogen and oxygen atoms in total. The lowest BCUT2D eigenvalue weighted by Gasteiger charge is -2.09. The van der Waals surface area contributed by atoms with Gasteiger partial charge in [0, 0.05) is 34.0 Å². The molecular weight excluding hydrogens is 506 g/mol. The third-order valence-corrected chi connectivity index (χ3v) is 8.21. The van der Waals surface area contributed by atoms with Gasteiger partial charge in [-0.15, -0.1) is 11.3 Å². The van der Waals surface area contributed by atoms with Crippen molar-refractivity contribution in [3.63, 3.8) is 0 Å². The van der Waals surface area contributed by atoms with E-state index in [2.05, 4.69) is 29.6 Å². The molecule has 0 spiro atoms. The molecule has 0 radical (unpaired) electrons. The third kappa shape index (κ3) is 7.15. The molecule has 4 heterocycles. The molecule has 1 amide bonds. The molecule has 0 aromatic carbocycles. The van der Waals surface area contributed by atoms with E-state index in [-0.39, 0.29) is 13.1 Å². The monoisotopic (exact) mass is 537 g/mol. The number of nitrogens with zero attached hydrogens (tertiary/aromatic N) is 5. The number of amides is 1. The summed E-state index contributed by atoms with van der Waals surface area (Å²) in [6, 6.07) is 1.72. The van der Waals surface area contributed by atoms with Crippen LogP contribution in [0, 0.1) is 5.92 Å². The lowest BCUT2D eigenvalue weighted by Crippen LogP contribution is -2.18. The number of carbonyl (C=O) groups is 1. The second-order valence-corrected chi connectivity index (χ2v) is 11.2. The number of hydrogen-bond acceptors (Lipinski definition) is 11. The van der Waals surface area contributed by atoms with E-state index in [1.54, 1.807) is 18.5 Å². The minimum atomic E-state index is -3.25. The van der Waals surface area contributed by atoms with Crippen molar-refractivity contribution in [1.29, 1.82) is 0 Å². The Labute approximate surface area is 215 Å². The summed E-state index contributed by atoms with van der Waals surface area (Å²) < 4.78 is 36.8. The van der Waals surface area contributed by atoms with Gasteiger partial charge in [0.25, 0.3) is 5.91 Å². The molecule has 1 saturated heterocycles. The molecule has 3 N–H and O–H groups in total. The van der Waals surface area contributed by atoms with Crippen molar-refractivity contribution < 1.29 is 25.5 Å². The standard InChI is InChI=1S/C12H17N3O3S.C10H10N4O2S.2H2/c16-19(17,11-1-2-11)15-12-6-10(13-8-14-12)5-9-3-4-18-7-9;1-2-16-8-5-12-3-6(14-8)7-4-13-10(17-7)9(11)15;;/h6,8-9,11H,1-5,7H2,(H,13,14,15);3-5H,2H2,1H3,(H2,11,15);2*1H/t9-;;;/m1.../s1. The zero-order valence-electron chi connectivity index (χ0n) is 19.7. The predicted octanol–water partition coefficient (Wildman–Crippen LogP) is 2.55. The predicted molar refractivity (Wildman–Crippen MR) is 137 cm³/mol. The Bertz CT molecular complexity index is 1300. The van der Waals surface area contributed by atoms with E-state index in [9.17, 15) is 13.2 Å². The minimum Gasteiger partial charge on any atom is -0.477 e. The number of primary amides is 1. The van der Waals surface area contributed by atoms with Gasteiger partial charge in [0.1, 0.15) is 17.8 Å². The van der Waals surface area contributed by atoms with E-state index >= 15 is 0 Å². The van der Waals surface area contributed by atoms with Crippen LogP contribution in [0.5, 0.6) is 5.88 Å². The molecule has 0 unspecified atom stereocenters. The number of carbonyl (C=O) groups excluding carboxylic acids is 1. The summed E-state index contributed by atoms with van der Waals surface area (Å²) in [4.78, 5) is 32.0. The first-order valence-corrected chi connectivity index (χ1v) is 13.8. The van der Waals surface area contributed by atoms with Crippen molar-refractivity contribution in [2.45, 2.75) is 37.9 Å². The van der Waals surface area contributed by atoms with Crippen LogP contribution in [0.2, 0.25) is 0 Å². The van der Waals surface area contributed by atoms with E-state index in [0.29, 0.717) is 29.9 Å². The first-order valence-electron chi connectivity index (χ1n) is 11.4. The number of anilines is 1. The van der Waals surface area contributed by atoms with Gasteiger partial charge in [0.2, 0.25) is 15.9 Å². The van der Waals surface area contributed by atoms with Crippen LogP contribution >= 0.6 is 11.3 Å². The Balaban J connectivity index is 0.000000255. The highest BCUT2D eigenvalue weighted by Gasteiger charge is 2.36. The molecule has 1 saturated carbocycles. The quantitative estimate of drug-likeness (QED) is 0.413. The Morgan fingerprint density at radius 2 is 2.08 bits per heavy atom. The molecule has 36 heavy (non-hydrogen) atoms. The molecule has 14 heteroatoms. The van der Waals surface area contributed by atoms with Crippen LogP contribution in [0.15, 0.2) is 31.0 Å². The van der Waals surface area contributed by atoms with Crippen LogP contribution in [0.4, 0.5) is 5.82 Å². The van der Waals surface area contributed by atoms with Gasteiger partial charge in [-0.1, -0.05) is 0 Å². The highest BCUT2D eigenvalue weighted by molar-refractivity contribution is 7.93. The second-order valence-electron chi connectivity index (χ2n) is 8.24. The van der Waals surface area contributed by atoms with Gasteiger partial charge in [-0.25, -0.2) is 28.4 Å². The smallest absolute Gasteiger partial charge is 0.277 e. The van der Waals surface area contributed by atoms with Crippen molar-refractivity contribution in [3.05, 3.63) is 41.7 Å². The van der Waals surface area contributed by atoms with Gasteiger partial charge >= 0.3 is 0 Å². The topological polar surface area (TPSA) is 172 Å². The van der Waals surface area contributed by atoms with Crippen LogP contribution in [0.3, 0.4) is 0 Å². The summed E-state index contributed by atoms with van der Waals surface area (Å²) >= 11 is 1.18. The van der Waals surface area contributed by atoms with Crippen molar-refractivity contribution in [2.24, 2.45) is 11.7 Å². The first-order chi connectivity index (χ1) is 17.3. The Hall–Kier alpha value is -3.23. The Kier molecular flexibility index (Phi) is 8.38. The fourth-order valence-corrected chi connectivity index (χ4v) is 5.45. The summed E-state index contributed by atoms with van der Waals surface area (Å²) in [7, 11) is -3.25. The Morgan fingerprint density at radius 3 is 2.75 bits per heavy atom. The maximum absolute atomic E-state index is 11.8. The molecule has 1 aliphatic heterocycles. The lowest BCUT2D eigenvalue weighted by molar-refractivity contribution is 0.1000. The maximum atomic E-state index is 11.8. The van der Waals surface area contributed by atoms with Crippen molar-refractivity contribution >= 4 is 33.1 Å². The highest BCUT2D eigenvalue weighted by atomic mass is 32.2. The second kappa shape index (κ2) is 11.7. The van der Waals surface area contributed by atoms with Crippen LogP contribution in [-0.2, 0) is 21.2 Å². The molecule has 3 aromatic rings. The molecular formula is C22H31N7O5S2. The molecule has 1 aliphatic carbocycles. The molecule has 2 fully saturated rings. The molecule has 3 aromatic heterocycles. The van der Waals surface area contributed by atoms with Gasteiger partial charge in [0.05, 0.1) is 29.1 Å². The number of nitrogens with two attached hydrogens (primary N) is 1. The minimum absolute atomic E-state index is 0. The number of ether oxygens (including phenoxy) is 2. The molecule has 2 aliphatic rings. The van der Waals surface area contributed by atoms with Gasteiger partial charge in [-0.3, -0.25) is 14.5 Å². The van der Waals surface area contributed by atoms with Gasteiger partial charge in [-0.05, 0) is 38.5 Å². The van der Waals surface area contributed by atoms with Gasteiger partial charge in [0.15, 0.2) is 5.01 Å². The molecule has 0 bridgehead atoms. The summed E-state index contributed by atoms with van der Waals surface area (Å²) in [6.45, 7) is 3.95. The number of rotatable bonds is 9. The normalized spacial score (nSPS) is 17.2. The third-order valence-electron chi connectivity index (χ3n) is 5.33. The van der Waals surface area contributed by atoms with E-state index < -0.39 is 15.9 Å². The van der Waals surface area contributed by atoms with Crippen LogP contribution in [0.25, 0.3) is 10.6 Å². The van der Waals surface area contributed by atoms with E-state index in [4.69, 9.17) is 15.2 Å².